The van der Waals surface area contributed by atoms with E-state index < -0.39 is 0 Å². The van der Waals surface area contributed by atoms with E-state index in [0.717, 1.165) is 42.9 Å². The maximum Gasteiger partial charge on any atom is 0.221 e. The summed E-state index contributed by atoms with van der Waals surface area (Å²) in [6.45, 7) is 1.96. The summed E-state index contributed by atoms with van der Waals surface area (Å²) < 4.78 is 0. The maximum absolute atomic E-state index is 11.3. The van der Waals surface area contributed by atoms with Crippen LogP contribution in [0.15, 0.2) is 36.4 Å². The van der Waals surface area contributed by atoms with Crippen LogP contribution in [0.1, 0.15) is 40.3 Å². The number of aryl methyl sites for hydroxylation is 1. The van der Waals surface area contributed by atoms with Gasteiger partial charge in [0, 0.05) is 24.2 Å². The topological polar surface area (TPSA) is 46.3 Å². The fourth-order valence-corrected chi connectivity index (χ4v) is 4.47. The smallest absolute Gasteiger partial charge is 0.221 e. The number of benzene rings is 2. The Bertz CT molecular complexity index is 802. The van der Waals surface area contributed by atoms with Gasteiger partial charge in [0.2, 0.25) is 5.91 Å². The minimum Gasteiger partial charge on any atom is -0.369 e. The molecule has 24 heavy (non-hydrogen) atoms. The van der Waals surface area contributed by atoms with Crippen molar-refractivity contribution >= 4 is 17.5 Å². The van der Waals surface area contributed by atoms with Crippen molar-refractivity contribution in [1.82, 2.24) is 4.90 Å². The van der Waals surface area contributed by atoms with Gasteiger partial charge in [0.05, 0.1) is 6.42 Å². The molecule has 4 heteroatoms. The Balaban J connectivity index is 1.59. The summed E-state index contributed by atoms with van der Waals surface area (Å²) in [7, 11) is 0. The van der Waals surface area contributed by atoms with E-state index in [-0.39, 0.29) is 5.91 Å². The SMILES string of the molecule is NC(=O)Cc1cccc2c1CCN(C1CCc3cc(Cl)ccc31)C2. The largest absolute Gasteiger partial charge is 0.369 e. The fourth-order valence-electron chi connectivity index (χ4n) is 4.27. The number of hydrogen-bond donors (Lipinski definition) is 1. The lowest BCUT2D eigenvalue weighted by Gasteiger charge is -2.35. The van der Waals surface area contributed by atoms with E-state index in [1.54, 1.807) is 0 Å². The Labute approximate surface area is 147 Å². The van der Waals surface area contributed by atoms with Crippen LogP contribution in [0, 0.1) is 0 Å². The molecule has 124 valence electrons. The van der Waals surface area contributed by atoms with Crippen LogP contribution >= 0.6 is 11.6 Å². The standard InChI is InChI=1S/C20H21ClN2O/c21-16-5-6-18-14(10-16)4-7-19(18)23-9-8-17-13(11-20(22)24)2-1-3-15(17)12-23/h1-3,5-6,10,19H,4,7-9,11-12H2,(H2,22,24). The molecule has 1 atom stereocenters. The van der Waals surface area contributed by atoms with Crippen molar-refractivity contribution in [3.8, 4) is 0 Å². The number of carbonyl (C=O) groups is 1. The third-order valence-electron chi connectivity index (χ3n) is 5.35. The summed E-state index contributed by atoms with van der Waals surface area (Å²) >= 11 is 6.13. The molecule has 0 saturated carbocycles. The van der Waals surface area contributed by atoms with E-state index in [1.165, 1.54) is 22.3 Å². The van der Waals surface area contributed by atoms with E-state index in [2.05, 4.69) is 23.1 Å². The molecule has 2 aromatic rings. The first kappa shape index (κ1) is 15.7. The molecule has 2 aliphatic rings. The average Bonchev–Trinajstić information content (AvgIpc) is 2.97. The summed E-state index contributed by atoms with van der Waals surface area (Å²) in [6.07, 6.45) is 3.59. The summed E-state index contributed by atoms with van der Waals surface area (Å²) in [6, 6.07) is 13.0. The molecule has 4 rings (SSSR count). The molecule has 1 unspecified atom stereocenters. The van der Waals surface area contributed by atoms with Crippen LogP contribution in [-0.4, -0.2) is 17.4 Å². The van der Waals surface area contributed by atoms with E-state index in [0.29, 0.717) is 12.5 Å². The van der Waals surface area contributed by atoms with Gasteiger partial charge in [0.15, 0.2) is 0 Å². The molecule has 1 aliphatic heterocycles. The minimum atomic E-state index is -0.257. The summed E-state index contributed by atoms with van der Waals surface area (Å²) in [5.74, 6) is -0.257. The molecule has 0 saturated heterocycles. The number of primary amides is 1. The van der Waals surface area contributed by atoms with E-state index in [9.17, 15) is 4.79 Å². The highest BCUT2D eigenvalue weighted by Gasteiger charge is 2.30. The summed E-state index contributed by atoms with van der Waals surface area (Å²) in [5.41, 5.74) is 12.0. The number of rotatable bonds is 3. The average molecular weight is 341 g/mol. The predicted octanol–water partition coefficient (Wildman–Crippen LogP) is 3.41. The zero-order valence-corrected chi connectivity index (χ0v) is 14.4. The summed E-state index contributed by atoms with van der Waals surface area (Å²) in [5, 5.41) is 0.828. The number of carbonyl (C=O) groups excluding carboxylic acids is 1. The van der Waals surface area contributed by atoms with Crippen LogP contribution in [0.25, 0.3) is 0 Å². The second kappa shape index (κ2) is 6.23. The Kier molecular flexibility index (Phi) is 4.07. The third kappa shape index (κ3) is 2.83. The van der Waals surface area contributed by atoms with Crippen molar-refractivity contribution in [2.45, 2.75) is 38.3 Å². The van der Waals surface area contributed by atoms with Crippen LogP contribution in [0.4, 0.5) is 0 Å². The van der Waals surface area contributed by atoms with Crippen molar-refractivity contribution in [2.24, 2.45) is 5.73 Å². The van der Waals surface area contributed by atoms with Gasteiger partial charge in [-0.3, -0.25) is 9.69 Å². The first-order chi connectivity index (χ1) is 11.6. The van der Waals surface area contributed by atoms with Crippen LogP contribution < -0.4 is 5.73 Å². The lowest BCUT2D eigenvalue weighted by Crippen LogP contribution is -2.34. The highest BCUT2D eigenvalue weighted by atomic mass is 35.5. The molecule has 0 bridgehead atoms. The van der Waals surface area contributed by atoms with Crippen molar-refractivity contribution in [3.63, 3.8) is 0 Å². The lowest BCUT2D eigenvalue weighted by molar-refractivity contribution is -0.117. The number of amides is 1. The minimum absolute atomic E-state index is 0.257. The van der Waals surface area contributed by atoms with Crippen LogP contribution in [-0.2, 0) is 30.6 Å². The molecule has 1 aliphatic carbocycles. The Hall–Kier alpha value is -1.84. The van der Waals surface area contributed by atoms with Gasteiger partial charge in [0.1, 0.15) is 0 Å². The molecular weight excluding hydrogens is 320 g/mol. The van der Waals surface area contributed by atoms with Gasteiger partial charge < -0.3 is 5.73 Å². The second-order valence-corrected chi connectivity index (χ2v) is 7.25. The van der Waals surface area contributed by atoms with Gasteiger partial charge in [-0.05, 0) is 59.2 Å². The molecule has 0 radical (unpaired) electrons. The summed E-state index contributed by atoms with van der Waals surface area (Å²) in [4.78, 5) is 13.9. The molecule has 3 nitrogen and oxygen atoms in total. The highest BCUT2D eigenvalue weighted by molar-refractivity contribution is 6.30. The Morgan fingerprint density at radius 1 is 1.21 bits per heavy atom. The number of fused-ring (bicyclic) bond motifs is 2. The normalized spacial score (nSPS) is 19.8. The van der Waals surface area contributed by atoms with E-state index >= 15 is 0 Å². The first-order valence-electron chi connectivity index (χ1n) is 8.52. The van der Waals surface area contributed by atoms with Crippen molar-refractivity contribution < 1.29 is 4.79 Å². The van der Waals surface area contributed by atoms with Crippen LogP contribution in [0.2, 0.25) is 5.02 Å². The zero-order valence-electron chi connectivity index (χ0n) is 13.6. The van der Waals surface area contributed by atoms with Gasteiger partial charge in [-0.15, -0.1) is 0 Å². The van der Waals surface area contributed by atoms with Crippen molar-refractivity contribution in [2.75, 3.05) is 6.54 Å². The van der Waals surface area contributed by atoms with Crippen LogP contribution in [0.3, 0.4) is 0 Å². The predicted molar refractivity (Wildman–Crippen MR) is 96.0 cm³/mol. The molecule has 1 amide bonds. The van der Waals surface area contributed by atoms with E-state index in [1.807, 2.05) is 18.2 Å². The van der Waals surface area contributed by atoms with Gasteiger partial charge >= 0.3 is 0 Å². The Morgan fingerprint density at radius 2 is 2.08 bits per heavy atom. The number of nitrogens with two attached hydrogens (primary N) is 1. The van der Waals surface area contributed by atoms with Gasteiger partial charge in [-0.25, -0.2) is 0 Å². The molecular formula is C20H21ClN2O. The molecule has 1 heterocycles. The van der Waals surface area contributed by atoms with Crippen molar-refractivity contribution in [1.29, 1.82) is 0 Å². The van der Waals surface area contributed by atoms with Gasteiger partial charge in [-0.1, -0.05) is 35.9 Å². The van der Waals surface area contributed by atoms with Crippen molar-refractivity contribution in [3.05, 3.63) is 69.2 Å². The number of halogens is 1. The lowest BCUT2D eigenvalue weighted by atomic mass is 9.91. The molecule has 0 fully saturated rings. The highest BCUT2D eigenvalue weighted by Crippen LogP contribution is 2.39. The molecule has 0 aromatic heterocycles. The quantitative estimate of drug-likeness (QED) is 0.930. The Morgan fingerprint density at radius 3 is 2.92 bits per heavy atom. The van der Waals surface area contributed by atoms with Crippen LogP contribution in [0.5, 0.6) is 0 Å². The number of hydrogen-bond acceptors (Lipinski definition) is 2. The zero-order chi connectivity index (χ0) is 16.7. The third-order valence-corrected chi connectivity index (χ3v) is 5.58. The monoisotopic (exact) mass is 340 g/mol. The number of nitrogens with zero attached hydrogens (tertiary/aromatic N) is 1. The fraction of sp³-hybridized carbons (Fsp3) is 0.350. The second-order valence-electron chi connectivity index (χ2n) is 6.82. The molecule has 0 spiro atoms. The maximum atomic E-state index is 11.3. The molecule has 2 N–H and O–H groups in total. The van der Waals surface area contributed by atoms with E-state index in [4.69, 9.17) is 17.3 Å². The first-order valence-corrected chi connectivity index (χ1v) is 8.90. The van der Waals surface area contributed by atoms with Gasteiger partial charge in [-0.2, -0.15) is 0 Å². The molecule has 2 aromatic carbocycles. The van der Waals surface area contributed by atoms with Gasteiger partial charge in [0.25, 0.3) is 0 Å².